The molecule has 1 unspecified atom stereocenters. The molecule has 2 heterocycles. The Kier molecular flexibility index (Phi) is 5.13. The highest BCUT2D eigenvalue weighted by molar-refractivity contribution is 8.04. The van der Waals surface area contributed by atoms with Crippen LogP contribution in [0.15, 0.2) is 80.9 Å². The van der Waals surface area contributed by atoms with Crippen LogP contribution in [0.3, 0.4) is 0 Å². The highest BCUT2D eigenvalue weighted by Crippen LogP contribution is 2.45. The molecule has 2 aliphatic rings. The van der Waals surface area contributed by atoms with Crippen LogP contribution in [0.5, 0.6) is 0 Å². The first-order chi connectivity index (χ1) is 14.6. The molecule has 1 aliphatic carbocycles. The lowest BCUT2D eigenvalue weighted by molar-refractivity contribution is -0.119. The molecular weight excluding hydrogens is 434 g/mol. The molecule has 0 bridgehead atoms. The predicted octanol–water partition coefficient (Wildman–Crippen LogP) is 6.60. The number of carbonyl (C=O) groups excluding carboxylic acids is 1. The van der Waals surface area contributed by atoms with Crippen LogP contribution >= 0.6 is 34.7 Å². The maximum absolute atomic E-state index is 13.2. The molecule has 0 spiro atoms. The summed E-state index contributed by atoms with van der Waals surface area (Å²) in [5.41, 5.74) is 2.52. The average molecular weight is 454 g/mol. The third-order valence-corrected chi connectivity index (χ3v) is 8.07. The standard InChI is InChI=1S/C24H20ClNO2S2/c25-19-3-1-2-4-21(19)30-22-20(27)13-24(26-23(22)28,18-11-12-29-14-18)17-9-7-16(8-10-17)15-5-6-15/h1-4,7-12,14-15,27H,5-6,13H2,(H,26,28). The summed E-state index contributed by atoms with van der Waals surface area (Å²) in [4.78, 5) is 14.2. The second-order valence-corrected chi connectivity index (χ2v) is 9.99. The summed E-state index contributed by atoms with van der Waals surface area (Å²) < 4.78 is 0. The molecule has 1 atom stereocenters. The Morgan fingerprint density at radius 1 is 1.07 bits per heavy atom. The SMILES string of the molecule is O=C1NC(c2ccc(C3CC3)cc2)(c2ccsc2)CC(O)=C1Sc1ccccc1Cl. The number of thioether (sulfide) groups is 1. The van der Waals surface area contributed by atoms with E-state index in [2.05, 4.69) is 29.6 Å². The van der Waals surface area contributed by atoms with Crippen molar-refractivity contribution >= 4 is 40.6 Å². The third-order valence-electron chi connectivity index (χ3n) is 5.74. The quantitative estimate of drug-likeness (QED) is 0.457. The summed E-state index contributed by atoms with van der Waals surface area (Å²) in [6, 6.07) is 17.8. The molecular formula is C24H20ClNO2S2. The Hall–Kier alpha value is -2.21. The molecule has 0 saturated heterocycles. The molecule has 1 aromatic heterocycles. The van der Waals surface area contributed by atoms with E-state index in [-0.39, 0.29) is 11.7 Å². The van der Waals surface area contributed by atoms with Gasteiger partial charge in [-0.05, 0) is 64.4 Å². The maximum atomic E-state index is 13.2. The summed E-state index contributed by atoms with van der Waals surface area (Å²) in [6.07, 6.45) is 2.79. The Bertz CT molecular complexity index is 1120. The van der Waals surface area contributed by atoms with Gasteiger partial charge in [0.1, 0.15) is 10.7 Å². The van der Waals surface area contributed by atoms with E-state index in [1.165, 1.54) is 30.2 Å². The van der Waals surface area contributed by atoms with Gasteiger partial charge in [-0.15, -0.1) is 0 Å². The molecule has 6 heteroatoms. The number of benzene rings is 2. The highest BCUT2D eigenvalue weighted by atomic mass is 35.5. The Labute approximate surface area is 188 Å². The van der Waals surface area contributed by atoms with Gasteiger partial charge in [0.05, 0.1) is 10.6 Å². The van der Waals surface area contributed by atoms with Gasteiger partial charge < -0.3 is 10.4 Å². The average Bonchev–Trinajstić information content (AvgIpc) is 3.45. The normalized spacial score (nSPS) is 21.6. The van der Waals surface area contributed by atoms with Gasteiger partial charge in [-0.3, -0.25) is 4.79 Å². The monoisotopic (exact) mass is 453 g/mol. The Morgan fingerprint density at radius 2 is 1.83 bits per heavy atom. The van der Waals surface area contributed by atoms with Crippen molar-refractivity contribution < 1.29 is 9.90 Å². The zero-order valence-electron chi connectivity index (χ0n) is 16.1. The van der Waals surface area contributed by atoms with Crippen LogP contribution in [-0.4, -0.2) is 11.0 Å². The first-order valence-corrected chi connectivity index (χ1v) is 12.0. The van der Waals surface area contributed by atoms with Gasteiger partial charge in [-0.1, -0.05) is 59.8 Å². The molecule has 2 N–H and O–H groups in total. The minimum Gasteiger partial charge on any atom is -0.511 e. The zero-order chi connectivity index (χ0) is 20.7. The second kappa shape index (κ2) is 7.80. The number of halogens is 1. The molecule has 30 heavy (non-hydrogen) atoms. The van der Waals surface area contributed by atoms with E-state index in [1.807, 2.05) is 35.0 Å². The fourth-order valence-electron chi connectivity index (χ4n) is 3.98. The van der Waals surface area contributed by atoms with E-state index in [0.717, 1.165) is 16.0 Å². The Balaban J connectivity index is 1.54. The van der Waals surface area contributed by atoms with Crippen LogP contribution in [0.1, 0.15) is 41.9 Å². The topological polar surface area (TPSA) is 49.3 Å². The molecule has 1 aliphatic heterocycles. The van der Waals surface area contributed by atoms with Crippen LogP contribution in [0.2, 0.25) is 5.02 Å². The van der Waals surface area contributed by atoms with Crippen LogP contribution < -0.4 is 5.32 Å². The van der Waals surface area contributed by atoms with Crippen molar-refractivity contribution in [3.63, 3.8) is 0 Å². The highest BCUT2D eigenvalue weighted by Gasteiger charge is 2.43. The van der Waals surface area contributed by atoms with Crippen molar-refractivity contribution in [2.75, 3.05) is 0 Å². The molecule has 5 rings (SSSR count). The van der Waals surface area contributed by atoms with Crippen molar-refractivity contribution in [2.24, 2.45) is 0 Å². The Morgan fingerprint density at radius 3 is 2.47 bits per heavy atom. The van der Waals surface area contributed by atoms with Gasteiger partial charge in [0.2, 0.25) is 0 Å². The van der Waals surface area contributed by atoms with Gasteiger partial charge in [-0.25, -0.2) is 0 Å². The van der Waals surface area contributed by atoms with E-state index < -0.39 is 5.54 Å². The summed E-state index contributed by atoms with van der Waals surface area (Å²) in [5.74, 6) is 0.464. The van der Waals surface area contributed by atoms with Crippen LogP contribution in [0, 0.1) is 0 Å². The molecule has 1 fully saturated rings. The predicted molar refractivity (Wildman–Crippen MR) is 123 cm³/mol. The molecule has 3 aromatic rings. The van der Waals surface area contributed by atoms with Crippen molar-refractivity contribution in [1.29, 1.82) is 0 Å². The second-order valence-electron chi connectivity index (χ2n) is 7.75. The molecule has 1 amide bonds. The molecule has 1 saturated carbocycles. The zero-order valence-corrected chi connectivity index (χ0v) is 18.5. The van der Waals surface area contributed by atoms with E-state index in [1.54, 1.807) is 17.4 Å². The number of hydrogen-bond donors (Lipinski definition) is 2. The summed E-state index contributed by atoms with van der Waals surface area (Å²) in [6.45, 7) is 0. The van der Waals surface area contributed by atoms with Gasteiger partial charge >= 0.3 is 0 Å². The van der Waals surface area contributed by atoms with Crippen molar-refractivity contribution in [2.45, 2.75) is 35.6 Å². The van der Waals surface area contributed by atoms with Crippen molar-refractivity contribution in [3.05, 3.63) is 97.7 Å². The smallest absolute Gasteiger partial charge is 0.262 e. The van der Waals surface area contributed by atoms with E-state index in [9.17, 15) is 9.90 Å². The number of carbonyl (C=O) groups is 1. The first-order valence-electron chi connectivity index (χ1n) is 9.87. The number of aliphatic hydroxyl groups excluding tert-OH is 1. The summed E-state index contributed by atoms with van der Waals surface area (Å²) >= 11 is 9.05. The summed E-state index contributed by atoms with van der Waals surface area (Å²) in [7, 11) is 0. The molecule has 152 valence electrons. The van der Waals surface area contributed by atoms with Gasteiger partial charge in [0, 0.05) is 11.3 Å². The molecule has 2 aromatic carbocycles. The van der Waals surface area contributed by atoms with Gasteiger partial charge in [-0.2, -0.15) is 11.3 Å². The fourth-order valence-corrected chi connectivity index (χ4v) is 5.83. The maximum Gasteiger partial charge on any atom is 0.262 e. The van der Waals surface area contributed by atoms with E-state index in [4.69, 9.17) is 11.6 Å². The molecule has 3 nitrogen and oxygen atoms in total. The van der Waals surface area contributed by atoms with Crippen LogP contribution in [0.25, 0.3) is 0 Å². The van der Waals surface area contributed by atoms with E-state index in [0.29, 0.717) is 22.3 Å². The number of rotatable bonds is 5. The minimum absolute atomic E-state index is 0.0844. The van der Waals surface area contributed by atoms with Gasteiger partial charge in [0.25, 0.3) is 5.91 Å². The number of amides is 1. The fraction of sp³-hybridized carbons (Fsp3) is 0.208. The van der Waals surface area contributed by atoms with Gasteiger partial charge in [0.15, 0.2) is 0 Å². The third kappa shape index (κ3) is 3.55. The van der Waals surface area contributed by atoms with E-state index >= 15 is 0 Å². The lowest BCUT2D eigenvalue weighted by Gasteiger charge is -2.38. The summed E-state index contributed by atoms with van der Waals surface area (Å²) in [5, 5.41) is 18.8. The number of thiophene rings is 1. The minimum atomic E-state index is -0.784. The van der Waals surface area contributed by atoms with Crippen molar-refractivity contribution in [3.8, 4) is 0 Å². The van der Waals surface area contributed by atoms with Crippen LogP contribution in [-0.2, 0) is 10.3 Å². The number of nitrogens with one attached hydrogen (secondary N) is 1. The number of aliphatic hydroxyl groups is 1. The lowest BCUT2D eigenvalue weighted by atomic mass is 9.78. The van der Waals surface area contributed by atoms with Crippen LogP contribution in [0.4, 0.5) is 0 Å². The lowest BCUT2D eigenvalue weighted by Crippen LogP contribution is -2.50. The first kappa shape index (κ1) is 19.7. The number of hydrogen-bond acceptors (Lipinski definition) is 4. The van der Waals surface area contributed by atoms with Crippen molar-refractivity contribution in [1.82, 2.24) is 5.32 Å². The molecule has 0 radical (unpaired) electrons. The largest absolute Gasteiger partial charge is 0.511 e.